The Hall–Kier alpha value is -0.860. The normalized spacial score (nSPS) is 11.9. The summed E-state index contributed by atoms with van der Waals surface area (Å²) < 4.78 is 0. The van der Waals surface area contributed by atoms with Crippen LogP contribution in [0.15, 0.2) is 5.10 Å². The maximum absolute atomic E-state index is 6.86. The van der Waals surface area contributed by atoms with Crippen molar-refractivity contribution in [1.29, 1.82) is 5.41 Å². The molecule has 0 unspecified atom stereocenters. The van der Waals surface area contributed by atoms with Gasteiger partial charge in [-0.2, -0.15) is 5.10 Å². The molecule has 0 spiro atoms. The second-order valence-corrected chi connectivity index (χ2v) is 2.55. The van der Waals surface area contributed by atoms with E-state index in [1.807, 2.05) is 19.0 Å². The first kappa shape index (κ1) is 9.14. The highest BCUT2D eigenvalue weighted by Crippen LogP contribution is 1.93. The maximum Gasteiger partial charge on any atom is 0.0749 e. The molecule has 3 heteroatoms. The van der Waals surface area contributed by atoms with E-state index < -0.39 is 0 Å². The van der Waals surface area contributed by atoms with Crippen LogP contribution in [0.3, 0.4) is 0 Å². The molecule has 58 valence electrons. The Morgan fingerprint density at radius 3 is 2.40 bits per heavy atom. The number of hydrogen-bond donors (Lipinski definition) is 1. The van der Waals surface area contributed by atoms with E-state index in [0.717, 1.165) is 5.71 Å². The molecule has 1 N–H and O–H groups in total. The van der Waals surface area contributed by atoms with Gasteiger partial charge in [-0.1, -0.05) is 0 Å². The van der Waals surface area contributed by atoms with E-state index >= 15 is 0 Å². The van der Waals surface area contributed by atoms with Gasteiger partial charge < -0.3 is 5.41 Å². The second kappa shape index (κ2) is 4.04. The van der Waals surface area contributed by atoms with Crippen molar-refractivity contribution in [2.24, 2.45) is 5.10 Å². The van der Waals surface area contributed by atoms with Gasteiger partial charge in [-0.05, 0) is 20.8 Å². The predicted molar refractivity (Wildman–Crippen MR) is 44.8 cm³/mol. The van der Waals surface area contributed by atoms with Crippen molar-refractivity contribution in [3.63, 3.8) is 0 Å². The highest BCUT2D eigenvalue weighted by atomic mass is 15.4. The molecule has 0 atom stereocenters. The number of nitrogens with one attached hydrogen (secondary N) is 1. The standard InChI is InChI=1S/C7H15N3/c1-6(2)10(4)9-7(3)5-8/h5-6,8H,1-4H3/b8-5?,9-7-. The van der Waals surface area contributed by atoms with E-state index in [1.165, 1.54) is 6.21 Å². The highest BCUT2D eigenvalue weighted by Gasteiger charge is 1.97. The molecule has 0 saturated carbocycles. The zero-order valence-corrected chi connectivity index (χ0v) is 7.05. The zero-order chi connectivity index (χ0) is 8.15. The summed E-state index contributed by atoms with van der Waals surface area (Å²) in [7, 11) is 1.90. The van der Waals surface area contributed by atoms with Gasteiger partial charge in [0, 0.05) is 19.3 Å². The van der Waals surface area contributed by atoms with Crippen molar-refractivity contribution in [3.05, 3.63) is 0 Å². The monoisotopic (exact) mass is 141 g/mol. The summed E-state index contributed by atoms with van der Waals surface area (Å²) in [6, 6.07) is 0.398. The van der Waals surface area contributed by atoms with E-state index in [0.29, 0.717) is 6.04 Å². The summed E-state index contributed by atoms with van der Waals surface area (Å²) in [5.74, 6) is 0. The molecule has 0 aliphatic rings. The predicted octanol–water partition coefficient (Wildman–Crippen LogP) is 1.35. The molecule has 0 aliphatic carbocycles. The van der Waals surface area contributed by atoms with Crippen LogP contribution in [0, 0.1) is 5.41 Å². The lowest BCUT2D eigenvalue weighted by molar-refractivity contribution is 0.289. The average molecular weight is 141 g/mol. The van der Waals surface area contributed by atoms with Gasteiger partial charge in [0.15, 0.2) is 0 Å². The number of hydrogen-bond acceptors (Lipinski definition) is 3. The Morgan fingerprint density at radius 1 is 1.60 bits per heavy atom. The Balaban J connectivity index is 3.98. The smallest absolute Gasteiger partial charge is 0.0749 e. The first-order valence-electron chi connectivity index (χ1n) is 3.36. The van der Waals surface area contributed by atoms with E-state index in [9.17, 15) is 0 Å². The minimum atomic E-state index is 0.398. The first-order chi connectivity index (χ1) is 4.57. The third-order valence-electron chi connectivity index (χ3n) is 1.27. The van der Waals surface area contributed by atoms with E-state index in [2.05, 4.69) is 18.9 Å². The fraction of sp³-hybridized carbons (Fsp3) is 0.714. The van der Waals surface area contributed by atoms with E-state index in [1.54, 1.807) is 0 Å². The molecule has 0 bridgehead atoms. The molecule has 0 aromatic carbocycles. The SMILES string of the molecule is C/C(C=N)=N/N(C)C(C)C. The lowest BCUT2D eigenvalue weighted by Crippen LogP contribution is -2.21. The quantitative estimate of drug-likeness (QED) is 0.467. The Morgan fingerprint density at radius 2 is 2.10 bits per heavy atom. The highest BCUT2D eigenvalue weighted by molar-refractivity contribution is 6.28. The molecule has 0 rings (SSSR count). The van der Waals surface area contributed by atoms with Crippen LogP contribution in [0.1, 0.15) is 20.8 Å². The third kappa shape index (κ3) is 3.22. The van der Waals surface area contributed by atoms with Crippen LogP contribution in [-0.4, -0.2) is 30.0 Å². The molecule has 0 aromatic rings. The fourth-order valence-electron chi connectivity index (χ4n) is 0.393. The Labute approximate surface area is 62.2 Å². The third-order valence-corrected chi connectivity index (χ3v) is 1.27. The van der Waals surface area contributed by atoms with E-state index in [4.69, 9.17) is 5.41 Å². The van der Waals surface area contributed by atoms with Gasteiger partial charge in [-0.3, -0.25) is 5.01 Å². The Bertz CT molecular complexity index is 138. The molecule has 0 amide bonds. The van der Waals surface area contributed by atoms with Crippen LogP contribution in [0.5, 0.6) is 0 Å². The summed E-state index contributed by atoms with van der Waals surface area (Å²) in [6.07, 6.45) is 1.25. The molecule has 0 radical (unpaired) electrons. The van der Waals surface area contributed by atoms with Crippen LogP contribution in [0.4, 0.5) is 0 Å². The lowest BCUT2D eigenvalue weighted by Gasteiger charge is -2.17. The van der Waals surface area contributed by atoms with Crippen LogP contribution in [-0.2, 0) is 0 Å². The summed E-state index contributed by atoms with van der Waals surface area (Å²) in [5.41, 5.74) is 0.733. The minimum Gasteiger partial charge on any atom is -0.307 e. The van der Waals surface area contributed by atoms with Crippen molar-refractivity contribution < 1.29 is 0 Å². The Kier molecular flexibility index (Phi) is 3.69. The zero-order valence-electron chi connectivity index (χ0n) is 7.05. The fourth-order valence-corrected chi connectivity index (χ4v) is 0.393. The number of hydrazone groups is 1. The van der Waals surface area contributed by atoms with Crippen molar-refractivity contribution in [2.45, 2.75) is 26.8 Å². The molecular weight excluding hydrogens is 126 g/mol. The molecule has 0 saturated heterocycles. The van der Waals surface area contributed by atoms with Crippen molar-refractivity contribution in [1.82, 2.24) is 5.01 Å². The van der Waals surface area contributed by atoms with Gasteiger partial charge in [0.25, 0.3) is 0 Å². The van der Waals surface area contributed by atoms with Crippen LogP contribution in [0.2, 0.25) is 0 Å². The molecule has 3 nitrogen and oxygen atoms in total. The van der Waals surface area contributed by atoms with Gasteiger partial charge in [-0.25, -0.2) is 0 Å². The summed E-state index contributed by atoms with van der Waals surface area (Å²) >= 11 is 0. The molecule has 0 aliphatic heterocycles. The molecule has 0 aromatic heterocycles. The lowest BCUT2D eigenvalue weighted by atomic mass is 10.4. The van der Waals surface area contributed by atoms with E-state index in [-0.39, 0.29) is 0 Å². The molecule has 0 heterocycles. The summed E-state index contributed by atoms with van der Waals surface area (Å²) in [6.45, 7) is 5.92. The van der Waals surface area contributed by atoms with Crippen LogP contribution >= 0.6 is 0 Å². The van der Waals surface area contributed by atoms with Crippen LogP contribution in [0.25, 0.3) is 0 Å². The van der Waals surface area contributed by atoms with Crippen molar-refractivity contribution in [2.75, 3.05) is 7.05 Å². The van der Waals surface area contributed by atoms with Gasteiger partial charge in [0.05, 0.1) is 5.71 Å². The van der Waals surface area contributed by atoms with Crippen molar-refractivity contribution >= 4 is 11.9 Å². The maximum atomic E-state index is 6.86. The number of rotatable bonds is 3. The number of nitrogens with zero attached hydrogens (tertiary/aromatic N) is 2. The molecule has 0 fully saturated rings. The van der Waals surface area contributed by atoms with Gasteiger partial charge in [0.2, 0.25) is 0 Å². The largest absolute Gasteiger partial charge is 0.307 e. The molecule has 10 heavy (non-hydrogen) atoms. The van der Waals surface area contributed by atoms with Gasteiger partial charge in [0.1, 0.15) is 0 Å². The second-order valence-electron chi connectivity index (χ2n) is 2.55. The van der Waals surface area contributed by atoms with Crippen molar-refractivity contribution in [3.8, 4) is 0 Å². The van der Waals surface area contributed by atoms with Gasteiger partial charge >= 0.3 is 0 Å². The molecular formula is C7H15N3. The average Bonchev–Trinajstić information content (AvgIpc) is 1.87. The first-order valence-corrected chi connectivity index (χ1v) is 3.36. The summed E-state index contributed by atoms with van der Waals surface area (Å²) in [4.78, 5) is 0. The van der Waals surface area contributed by atoms with Crippen LogP contribution < -0.4 is 0 Å². The minimum absolute atomic E-state index is 0.398. The summed E-state index contributed by atoms with van der Waals surface area (Å²) in [5, 5.41) is 12.8. The topological polar surface area (TPSA) is 39.5 Å². The van der Waals surface area contributed by atoms with Gasteiger partial charge in [-0.15, -0.1) is 0 Å².